The second-order valence-electron chi connectivity index (χ2n) is 6.91. The number of aromatic nitrogens is 1. The zero-order chi connectivity index (χ0) is 20.2. The number of urea groups is 1. The van der Waals surface area contributed by atoms with E-state index in [0.717, 1.165) is 27.3 Å². The SMILES string of the molecule is Cc1ccc(/C=C/NC(=O)Nc2ccc(-c3nc4ccc(C)cc4s3)cc2)cc1. The van der Waals surface area contributed by atoms with Gasteiger partial charge in [0.2, 0.25) is 0 Å². The molecule has 4 aromatic rings. The van der Waals surface area contributed by atoms with Gasteiger partial charge in [0.1, 0.15) is 5.01 Å². The van der Waals surface area contributed by atoms with Crippen LogP contribution in [0.3, 0.4) is 0 Å². The first-order valence-corrected chi connectivity index (χ1v) is 10.2. The molecule has 0 fully saturated rings. The number of fused-ring (bicyclic) bond motifs is 1. The van der Waals surface area contributed by atoms with Gasteiger partial charge in [-0.3, -0.25) is 0 Å². The molecule has 0 saturated carbocycles. The molecule has 4 nitrogen and oxygen atoms in total. The Hall–Kier alpha value is -3.44. The summed E-state index contributed by atoms with van der Waals surface area (Å²) < 4.78 is 1.18. The van der Waals surface area contributed by atoms with Crippen molar-refractivity contribution in [3.05, 3.63) is 89.6 Å². The Kier molecular flexibility index (Phi) is 5.40. The van der Waals surface area contributed by atoms with Gasteiger partial charge in [-0.1, -0.05) is 35.9 Å². The number of amides is 2. The van der Waals surface area contributed by atoms with Gasteiger partial charge in [0.15, 0.2) is 0 Å². The van der Waals surface area contributed by atoms with E-state index in [2.05, 4.69) is 35.8 Å². The molecule has 0 aliphatic carbocycles. The molecule has 0 aliphatic heterocycles. The quantitative estimate of drug-likeness (QED) is 0.419. The van der Waals surface area contributed by atoms with Crippen LogP contribution in [-0.2, 0) is 0 Å². The summed E-state index contributed by atoms with van der Waals surface area (Å²) in [5.41, 5.74) is 6.25. The number of aryl methyl sites for hydroxylation is 2. The van der Waals surface area contributed by atoms with Crippen LogP contribution >= 0.6 is 11.3 Å². The van der Waals surface area contributed by atoms with Crippen molar-refractivity contribution >= 4 is 39.3 Å². The van der Waals surface area contributed by atoms with Gasteiger partial charge in [-0.2, -0.15) is 0 Å². The van der Waals surface area contributed by atoms with Gasteiger partial charge in [0, 0.05) is 17.5 Å². The van der Waals surface area contributed by atoms with Crippen LogP contribution in [0.15, 0.2) is 72.9 Å². The molecule has 29 heavy (non-hydrogen) atoms. The second-order valence-corrected chi connectivity index (χ2v) is 7.94. The first-order chi connectivity index (χ1) is 14.1. The summed E-state index contributed by atoms with van der Waals surface area (Å²) in [6, 6.07) is 21.8. The van der Waals surface area contributed by atoms with Crippen molar-refractivity contribution in [2.75, 3.05) is 5.32 Å². The van der Waals surface area contributed by atoms with Gasteiger partial charge in [-0.05, 0) is 67.4 Å². The summed E-state index contributed by atoms with van der Waals surface area (Å²) in [6.07, 6.45) is 3.49. The van der Waals surface area contributed by atoms with Gasteiger partial charge in [-0.25, -0.2) is 9.78 Å². The molecule has 0 aliphatic rings. The van der Waals surface area contributed by atoms with Crippen LogP contribution in [-0.4, -0.2) is 11.0 Å². The number of carbonyl (C=O) groups excluding carboxylic acids is 1. The van der Waals surface area contributed by atoms with E-state index in [-0.39, 0.29) is 6.03 Å². The standard InChI is InChI=1S/C24H21N3OS/c1-16-3-6-18(7-4-16)13-14-25-24(28)26-20-10-8-19(9-11-20)23-27-21-12-5-17(2)15-22(21)29-23/h3-15H,1-2H3,(H2,25,26,28)/b14-13+. The Balaban J connectivity index is 1.38. The van der Waals surface area contributed by atoms with E-state index in [4.69, 9.17) is 4.98 Å². The highest BCUT2D eigenvalue weighted by atomic mass is 32.1. The lowest BCUT2D eigenvalue weighted by Gasteiger charge is -2.05. The Bertz CT molecular complexity index is 1180. The molecule has 1 heterocycles. The van der Waals surface area contributed by atoms with Crippen molar-refractivity contribution in [2.45, 2.75) is 13.8 Å². The van der Waals surface area contributed by atoms with Crippen molar-refractivity contribution in [1.82, 2.24) is 10.3 Å². The minimum Gasteiger partial charge on any atom is -0.314 e. The van der Waals surface area contributed by atoms with E-state index in [0.29, 0.717) is 0 Å². The fraction of sp³-hybridized carbons (Fsp3) is 0.0833. The molecular weight excluding hydrogens is 378 g/mol. The highest BCUT2D eigenvalue weighted by Gasteiger charge is 2.07. The summed E-state index contributed by atoms with van der Waals surface area (Å²) in [6.45, 7) is 4.13. The van der Waals surface area contributed by atoms with E-state index >= 15 is 0 Å². The van der Waals surface area contributed by atoms with Crippen LogP contribution < -0.4 is 10.6 Å². The Labute approximate surface area is 173 Å². The maximum atomic E-state index is 12.1. The average Bonchev–Trinajstić information content (AvgIpc) is 3.13. The molecule has 3 aromatic carbocycles. The monoisotopic (exact) mass is 399 g/mol. The first-order valence-electron chi connectivity index (χ1n) is 9.35. The van der Waals surface area contributed by atoms with Gasteiger partial charge in [0.25, 0.3) is 0 Å². The molecule has 5 heteroatoms. The number of hydrogen-bond acceptors (Lipinski definition) is 3. The Morgan fingerprint density at radius 2 is 1.66 bits per heavy atom. The van der Waals surface area contributed by atoms with E-state index in [1.54, 1.807) is 17.5 Å². The first kappa shape index (κ1) is 18.9. The smallest absolute Gasteiger partial charge is 0.314 e. The van der Waals surface area contributed by atoms with Crippen LogP contribution in [0.5, 0.6) is 0 Å². The van der Waals surface area contributed by atoms with Gasteiger partial charge >= 0.3 is 6.03 Å². The van der Waals surface area contributed by atoms with Crippen molar-refractivity contribution in [3.63, 3.8) is 0 Å². The lowest BCUT2D eigenvalue weighted by Crippen LogP contribution is -2.23. The fourth-order valence-corrected chi connectivity index (χ4v) is 3.98. The summed E-state index contributed by atoms with van der Waals surface area (Å²) in [5.74, 6) is 0. The fourth-order valence-electron chi connectivity index (χ4n) is 2.91. The van der Waals surface area contributed by atoms with Gasteiger partial charge < -0.3 is 10.6 Å². The third-order valence-electron chi connectivity index (χ3n) is 4.50. The maximum absolute atomic E-state index is 12.1. The molecule has 1 aromatic heterocycles. The minimum absolute atomic E-state index is 0.281. The van der Waals surface area contributed by atoms with Crippen LogP contribution in [0.25, 0.3) is 26.9 Å². The number of nitrogens with one attached hydrogen (secondary N) is 2. The van der Waals surface area contributed by atoms with E-state index in [1.807, 2.05) is 61.5 Å². The van der Waals surface area contributed by atoms with E-state index < -0.39 is 0 Å². The summed E-state index contributed by atoms with van der Waals surface area (Å²) in [7, 11) is 0. The number of rotatable bonds is 4. The molecule has 0 spiro atoms. The molecule has 0 radical (unpaired) electrons. The van der Waals surface area contributed by atoms with Crippen LogP contribution in [0, 0.1) is 13.8 Å². The predicted molar refractivity (Wildman–Crippen MR) is 122 cm³/mol. The summed E-state index contributed by atoms with van der Waals surface area (Å²) >= 11 is 1.67. The van der Waals surface area contributed by atoms with E-state index in [9.17, 15) is 4.79 Å². The Morgan fingerprint density at radius 3 is 2.41 bits per heavy atom. The molecule has 2 amide bonds. The van der Waals surface area contributed by atoms with Crippen LogP contribution in [0.4, 0.5) is 10.5 Å². The van der Waals surface area contributed by atoms with Crippen molar-refractivity contribution in [2.24, 2.45) is 0 Å². The number of thiazole rings is 1. The largest absolute Gasteiger partial charge is 0.323 e. The van der Waals surface area contributed by atoms with E-state index in [1.165, 1.54) is 15.8 Å². The molecule has 0 bridgehead atoms. The second kappa shape index (κ2) is 8.29. The summed E-state index contributed by atoms with van der Waals surface area (Å²) in [4.78, 5) is 16.8. The van der Waals surface area contributed by atoms with Gasteiger partial charge in [0.05, 0.1) is 10.2 Å². The van der Waals surface area contributed by atoms with Crippen LogP contribution in [0.2, 0.25) is 0 Å². The van der Waals surface area contributed by atoms with Gasteiger partial charge in [-0.15, -0.1) is 11.3 Å². The normalized spacial score (nSPS) is 11.1. The molecular formula is C24H21N3OS. The van der Waals surface area contributed by atoms with Crippen LogP contribution in [0.1, 0.15) is 16.7 Å². The number of benzene rings is 3. The molecule has 4 rings (SSSR count). The maximum Gasteiger partial charge on any atom is 0.323 e. The average molecular weight is 400 g/mol. The highest BCUT2D eigenvalue weighted by Crippen LogP contribution is 2.31. The molecule has 0 unspecified atom stereocenters. The van der Waals surface area contributed by atoms with Crippen molar-refractivity contribution in [3.8, 4) is 10.6 Å². The molecule has 144 valence electrons. The number of nitrogens with zero attached hydrogens (tertiary/aromatic N) is 1. The third kappa shape index (κ3) is 4.70. The third-order valence-corrected chi connectivity index (χ3v) is 5.57. The highest BCUT2D eigenvalue weighted by molar-refractivity contribution is 7.21. The molecule has 2 N–H and O–H groups in total. The number of anilines is 1. The Morgan fingerprint density at radius 1 is 0.931 bits per heavy atom. The van der Waals surface area contributed by atoms with Crippen molar-refractivity contribution < 1.29 is 4.79 Å². The van der Waals surface area contributed by atoms with Crippen molar-refractivity contribution in [1.29, 1.82) is 0 Å². The number of carbonyl (C=O) groups is 1. The number of hydrogen-bond donors (Lipinski definition) is 2. The lowest BCUT2D eigenvalue weighted by atomic mass is 10.1. The zero-order valence-corrected chi connectivity index (χ0v) is 17.1. The molecule has 0 atom stereocenters. The zero-order valence-electron chi connectivity index (χ0n) is 16.3. The molecule has 0 saturated heterocycles. The predicted octanol–water partition coefficient (Wildman–Crippen LogP) is 6.37. The minimum atomic E-state index is -0.281. The lowest BCUT2D eigenvalue weighted by molar-refractivity contribution is 0.255. The topological polar surface area (TPSA) is 54.0 Å². The summed E-state index contributed by atoms with van der Waals surface area (Å²) in [5, 5.41) is 6.53.